The lowest BCUT2D eigenvalue weighted by Crippen LogP contribution is -2.32. The quantitative estimate of drug-likeness (QED) is 0.486. The van der Waals surface area contributed by atoms with E-state index in [9.17, 15) is 14.9 Å². The van der Waals surface area contributed by atoms with Gasteiger partial charge in [-0.1, -0.05) is 12.1 Å². The molecular formula is C11H12N2O5. The summed E-state index contributed by atoms with van der Waals surface area (Å²) in [6, 6.07) is 5.96. The minimum atomic E-state index is -1.06. The van der Waals surface area contributed by atoms with Crippen molar-refractivity contribution in [3.8, 4) is 0 Å². The number of nitrogens with zero attached hydrogens (tertiary/aromatic N) is 2. The first-order valence-electron chi connectivity index (χ1n) is 5.39. The molecule has 1 heterocycles. The molecule has 1 fully saturated rings. The highest BCUT2D eigenvalue weighted by Gasteiger charge is 2.27. The van der Waals surface area contributed by atoms with E-state index in [0.29, 0.717) is 12.2 Å². The predicted molar refractivity (Wildman–Crippen MR) is 61.3 cm³/mol. The Balaban J connectivity index is 2.07. The number of hydrogen-bond donors (Lipinski definition) is 1. The number of nitro groups is 1. The Morgan fingerprint density at radius 3 is 2.89 bits per heavy atom. The molecule has 1 saturated heterocycles. The van der Waals surface area contributed by atoms with Gasteiger partial charge in [0.25, 0.3) is 5.69 Å². The van der Waals surface area contributed by atoms with Gasteiger partial charge in [-0.25, -0.2) is 4.79 Å². The van der Waals surface area contributed by atoms with E-state index in [-0.39, 0.29) is 24.9 Å². The zero-order valence-corrected chi connectivity index (χ0v) is 9.48. The Labute approximate surface area is 103 Å². The van der Waals surface area contributed by atoms with Crippen LogP contribution < -0.4 is 0 Å². The Morgan fingerprint density at radius 1 is 1.61 bits per heavy atom. The monoisotopic (exact) mass is 252 g/mol. The van der Waals surface area contributed by atoms with E-state index in [2.05, 4.69) is 0 Å². The van der Waals surface area contributed by atoms with Gasteiger partial charge in [-0.05, 0) is 5.56 Å². The van der Waals surface area contributed by atoms with E-state index >= 15 is 0 Å². The molecule has 7 nitrogen and oxygen atoms in total. The lowest BCUT2D eigenvalue weighted by molar-refractivity contribution is -0.384. The van der Waals surface area contributed by atoms with E-state index in [1.807, 2.05) is 0 Å². The van der Waals surface area contributed by atoms with Crippen LogP contribution in [0, 0.1) is 10.1 Å². The average molecular weight is 252 g/mol. The Hall–Kier alpha value is -2.15. The number of amides is 1. The fourth-order valence-corrected chi connectivity index (χ4v) is 1.62. The van der Waals surface area contributed by atoms with E-state index in [0.717, 1.165) is 0 Å². The molecule has 7 heteroatoms. The van der Waals surface area contributed by atoms with Gasteiger partial charge in [-0.2, -0.15) is 0 Å². The number of ether oxygens (including phenoxy) is 1. The highest BCUT2D eigenvalue weighted by atomic mass is 16.6. The van der Waals surface area contributed by atoms with Gasteiger partial charge in [-0.15, -0.1) is 0 Å². The number of non-ortho nitro benzene ring substituents is 1. The van der Waals surface area contributed by atoms with Crippen LogP contribution in [0.3, 0.4) is 0 Å². The lowest BCUT2D eigenvalue weighted by Gasteiger charge is -2.17. The summed E-state index contributed by atoms with van der Waals surface area (Å²) in [6.07, 6.45) is -1.10. The van der Waals surface area contributed by atoms with E-state index in [4.69, 9.17) is 9.84 Å². The molecule has 0 aromatic heterocycles. The van der Waals surface area contributed by atoms with E-state index in [1.165, 1.54) is 17.0 Å². The number of nitro benzene ring substituents is 1. The van der Waals surface area contributed by atoms with Crippen LogP contribution >= 0.6 is 0 Å². The molecule has 1 aromatic rings. The SMILES string of the molecule is O=C(O)N(Cc1cccc([N+](=O)[O-])c1)C[C@@H]1CO1. The highest BCUT2D eigenvalue weighted by molar-refractivity contribution is 5.65. The van der Waals surface area contributed by atoms with Gasteiger partial charge in [0.2, 0.25) is 0 Å². The zero-order valence-electron chi connectivity index (χ0n) is 9.48. The van der Waals surface area contributed by atoms with Crippen molar-refractivity contribution in [2.24, 2.45) is 0 Å². The van der Waals surface area contributed by atoms with Crippen molar-refractivity contribution in [2.45, 2.75) is 12.6 Å². The predicted octanol–water partition coefficient (Wildman–Crippen LogP) is 1.47. The molecule has 0 spiro atoms. The van der Waals surface area contributed by atoms with Crippen LogP contribution in [0.4, 0.5) is 10.5 Å². The summed E-state index contributed by atoms with van der Waals surface area (Å²) in [7, 11) is 0. The Morgan fingerprint density at radius 2 is 2.33 bits per heavy atom. The second-order valence-corrected chi connectivity index (χ2v) is 4.05. The third kappa shape index (κ3) is 3.17. The van der Waals surface area contributed by atoms with Crippen molar-refractivity contribution in [3.63, 3.8) is 0 Å². The Kier molecular flexibility index (Phi) is 3.42. The van der Waals surface area contributed by atoms with Crippen LogP contribution in [0.1, 0.15) is 5.56 Å². The fourth-order valence-electron chi connectivity index (χ4n) is 1.62. The normalized spacial score (nSPS) is 17.2. The number of carboxylic acid groups (broad SMARTS) is 1. The molecule has 1 amide bonds. The van der Waals surface area contributed by atoms with Crippen molar-refractivity contribution in [2.75, 3.05) is 13.2 Å². The maximum absolute atomic E-state index is 11.0. The number of carbonyl (C=O) groups is 1. The standard InChI is InChI=1S/C11H12N2O5/c14-11(15)12(6-10-7-18-10)5-8-2-1-3-9(4-8)13(16)17/h1-4,10H,5-7H2,(H,14,15)/t10-/m1/s1. The number of hydrogen-bond acceptors (Lipinski definition) is 4. The maximum Gasteiger partial charge on any atom is 0.407 e. The van der Waals surface area contributed by atoms with Gasteiger partial charge < -0.3 is 14.7 Å². The molecular weight excluding hydrogens is 240 g/mol. The van der Waals surface area contributed by atoms with Crippen molar-refractivity contribution in [3.05, 3.63) is 39.9 Å². The second kappa shape index (κ2) is 5.01. The highest BCUT2D eigenvalue weighted by Crippen LogP contribution is 2.17. The Bertz CT molecular complexity index is 472. The van der Waals surface area contributed by atoms with Crippen molar-refractivity contribution in [1.29, 1.82) is 0 Å². The molecule has 0 aliphatic carbocycles. The van der Waals surface area contributed by atoms with Gasteiger partial charge in [0, 0.05) is 18.7 Å². The fraction of sp³-hybridized carbons (Fsp3) is 0.364. The molecule has 1 aliphatic rings. The molecule has 0 bridgehead atoms. The van der Waals surface area contributed by atoms with Crippen LogP contribution in [-0.4, -0.2) is 40.3 Å². The molecule has 1 aromatic carbocycles. The lowest BCUT2D eigenvalue weighted by atomic mass is 10.2. The molecule has 0 saturated carbocycles. The summed E-state index contributed by atoms with van der Waals surface area (Å²) < 4.78 is 4.98. The van der Waals surface area contributed by atoms with Gasteiger partial charge >= 0.3 is 6.09 Å². The largest absolute Gasteiger partial charge is 0.465 e. The third-order valence-electron chi connectivity index (χ3n) is 2.59. The van der Waals surface area contributed by atoms with Crippen LogP contribution in [0.5, 0.6) is 0 Å². The van der Waals surface area contributed by atoms with Gasteiger partial charge in [0.1, 0.15) is 0 Å². The molecule has 0 unspecified atom stereocenters. The van der Waals surface area contributed by atoms with Gasteiger partial charge in [0.15, 0.2) is 0 Å². The van der Waals surface area contributed by atoms with Crippen molar-refractivity contribution < 1.29 is 19.6 Å². The summed E-state index contributed by atoms with van der Waals surface area (Å²) in [5, 5.41) is 19.6. The number of benzene rings is 1. The third-order valence-corrected chi connectivity index (χ3v) is 2.59. The summed E-state index contributed by atoms with van der Waals surface area (Å²) in [5.41, 5.74) is 0.549. The van der Waals surface area contributed by atoms with Crippen molar-refractivity contribution >= 4 is 11.8 Å². The number of epoxide rings is 1. The summed E-state index contributed by atoms with van der Waals surface area (Å²) in [4.78, 5) is 22.3. The summed E-state index contributed by atoms with van der Waals surface area (Å²) in [5.74, 6) is 0. The van der Waals surface area contributed by atoms with E-state index < -0.39 is 11.0 Å². The van der Waals surface area contributed by atoms with Crippen LogP contribution in [0.2, 0.25) is 0 Å². The smallest absolute Gasteiger partial charge is 0.407 e. The molecule has 0 radical (unpaired) electrons. The van der Waals surface area contributed by atoms with Gasteiger partial charge in [0.05, 0.1) is 24.2 Å². The molecule has 96 valence electrons. The number of rotatable bonds is 5. The van der Waals surface area contributed by atoms with Crippen LogP contribution in [-0.2, 0) is 11.3 Å². The minimum absolute atomic E-state index is 0.0412. The molecule has 2 rings (SSSR count). The zero-order chi connectivity index (χ0) is 13.1. The van der Waals surface area contributed by atoms with E-state index in [1.54, 1.807) is 12.1 Å². The van der Waals surface area contributed by atoms with Crippen LogP contribution in [0.25, 0.3) is 0 Å². The van der Waals surface area contributed by atoms with Crippen LogP contribution in [0.15, 0.2) is 24.3 Å². The van der Waals surface area contributed by atoms with Crippen molar-refractivity contribution in [1.82, 2.24) is 4.90 Å². The average Bonchev–Trinajstić information content (AvgIpc) is 3.12. The van der Waals surface area contributed by atoms with Gasteiger partial charge in [-0.3, -0.25) is 10.1 Å². The summed E-state index contributed by atoms with van der Waals surface area (Å²) >= 11 is 0. The first-order valence-corrected chi connectivity index (χ1v) is 5.39. The maximum atomic E-state index is 11.0. The first-order chi connectivity index (χ1) is 8.56. The molecule has 1 atom stereocenters. The summed E-state index contributed by atoms with van der Waals surface area (Å²) in [6.45, 7) is 0.980. The molecule has 1 aliphatic heterocycles. The molecule has 18 heavy (non-hydrogen) atoms. The minimum Gasteiger partial charge on any atom is -0.465 e. The molecule has 1 N–H and O–H groups in total. The first kappa shape index (κ1) is 12.3. The second-order valence-electron chi connectivity index (χ2n) is 4.05. The topological polar surface area (TPSA) is 96.2 Å².